The summed E-state index contributed by atoms with van der Waals surface area (Å²) >= 11 is 1.88. The van der Waals surface area contributed by atoms with E-state index in [1.807, 2.05) is 31.0 Å². The molecule has 0 radical (unpaired) electrons. The molecule has 0 aliphatic rings. The molecule has 14 heavy (non-hydrogen) atoms. The molecule has 0 fully saturated rings. The zero-order chi connectivity index (χ0) is 10.2. The Morgan fingerprint density at radius 2 is 2.14 bits per heavy atom. The Kier molecular flexibility index (Phi) is 5.42. The molecule has 0 saturated heterocycles. The summed E-state index contributed by atoms with van der Waals surface area (Å²) in [4.78, 5) is 1.33. The van der Waals surface area contributed by atoms with Crippen LogP contribution in [0.5, 0.6) is 0 Å². The van der Waals surface area contributed by atoms with Crippen LogP contribution in [0.4, 0.5) is 0 Å². The van der Waals surface area contributed by atoms with Crippen LogP contribution in [-0.2, 0) is 0 Å². The summed E-state index contributed by atoms with van der Waals surface area (Å²) in [6, 6.07) is 11.0. The SMILES string of the molecule is C=CCC(CSc1ccccc1)NC. The van der Waals surface area contributed by atoms with Gasteiger partial charge in [0.25, 0.3) is 0 Å². The van der Waals surface area contributed by atoms with E-state index in [0.717, 1.165) is 12.2 Å². The summed E-state index contributed by atoms with van der Waals surface area (Å²) < 4.78 is 0. The Bertz CT molecular complexity index is 258. The highest BCUT2D eigenvalue weighted by Gasteiger charge is 2.03. The molecule has 0 bridgehead atoms. The van der Waals surface area contributed by atoms with E-state index >= 15 is 0 Å². The molecule has 0 heterocycles. The van der Waals surface area contributed by atoms with Crippen molar-refractivity contribution in [3.8, 4) is 0 Å². The molecule has 2 heteroatoms. The third-order valence-corrected chi connectivity index (χ3v) is 3.23. The molecule has 0 aromatic heterocycles. The zero-order valence-electron chi connectivity index (χ0n) is 8.57. The number of rotatable bonds is 6. The maximum Gasteiger partial charge on any atom is 0.0193 e. The van der Waals surface area contributed by atoms with Crippen molar-refractivity contribution in [3.63, 3.8) is 0 Å². The van der Waals surface area contributed by atoms with Crippen LogP contribution in [-0.4, -0.2) is 18.8 Å². The van der Waals surface area contributed by atoms with Gasteiger partial charge in [0.2, 0.25) is 0 Å². The monoisotopic (exact) mass is 207 g/mol. The Morgan fingerprint density at radius 3 is 2.71 bits per heavy atom. The fourth-order valence-electron chi connectivity index (χ4n) is 1.18. The van der Waals surface area contributed by atoms with Gasteiger partial charge in [-0.2, -0.15) is 0 Å². The summed E-state index contributed by atoms with van der Waals surface area (Å²) in [6.07, 6.45) is 2.99. The molecule has 1 rings (SSSR count). The molecule has 1 N–H and O–H groups in total. The first-order valence-electron chi connectivity index (χ1n) is 4.83. The minimum atomic E-state index is 0.526. The van der Waals surface area contributed by atoms with Crippen molar-refractivity contribution in [2.75, 3.05) is 12.8 Å². The number of hydrogen-bond acceptors (Lipinski definition) is 2. The highest BCUT2D eigenvalue weighted by Crippen LogP contribution is 2.18. The minimum absolute atomic E-state index is 0.526. The first-order valence-corrected chi connectivity index (χ1v) is 5.81. The quantitative estimate of drug-likeness (QED) is 0.568. The largest absolute Gasteiger partial charge is 0.316 e. The van der Waals surface area contributed by atoms with Crippen LogP contribution < -0.4 is 5.32 Å². The van der Waals surface area contributed by atoms with E-state index in [-0.39, 0.29) is 0 Å². The molecule has 1 unspecified atom stereocenters. The van der Waals surface area contributed by atoms with Crippen molar-refractivity contribution in [2.45, 2.75) is 17.4 Å². The lowest BCUT2D eigenvalue weighted by molar-refractivity contribution is 0.629. The molecule has 76 valence electrons. The highest BCUT2D eigenvalue weighted by molar-refractivity contribution is 7.99. The van der Waals surface area contributed by atoms with Gasteiger partial charge in [0, 0.05) is 16.7 Å². The van der Waals surface area contributed by atoms with Crippen LogP contribution in [0.25, 0.3) is 0 Å². The van der Waals surface area contributed by atoms with Gasteiger partial charge in [0.15, 0.2) is 0 Å². The smallest absolute Gasteiger partial charge is 0.0193 e. The fourth-order valence-corrected chi connectivity index (χ4v) is 2.23. The van der Waals surface area contributed by atoms with Crippen molar-refractivity contribution >= 4 is 11.8 Å². The van der Waals surface area contributed by atoms with Crippen LogP contribution in [0.2, 0.25) is 0 Å². The van der Waals surface area contributed by atoms with Gasteiger partial charge in [-0.1, -0.05) is 24.3 Å². The Balaban J connectivity index is 2.35. The molecule has 1 atom stereocenters. The van der Waals surface area contributed by atoms with Crippen LogP contribution in [0, 0.1) is 0 Å². The molecule has 0 aliphatic heterocycles. The van der Waals surface area contributed by atoms with Crippen LogP contribution in [0.15, 0.2) is 47.9 Å². The molecule has 1 aromatic carbocycles. The Morgan fingerprint density at radius 1 is 1.43 bits per heavy atom. The molecule has 1 aromatic rings. The second-order valence-corrected chi connectivity index (χ2v) is 4.23. The van der Waals surface area contributed by atoms with Gasteiger partial charge >= 0.3 is 0 Å². The zero-order valence-corrected chi connectivity index (χ0v) is 9.39. The van der Waals surface area contributed by atoms with E-state index in [1.165, 1.54) is 4.90 Å². The first-order chi connectivity index (χ1) is 6.86. The third kappa shape index (κ3) is 3.99. The van der Waals surface area contributed by atoms with Gasteiger partial charge in [0.05, 0.1) is 0 Å². The topological polar surface area (TPSA) is 12.0 Å². The number of benzene rings is 1. The van der Waals surface area contributed by atoms with Gasteiger partial charge in [0.1, 0.15) is 0 Å². The average molecular weight is 207 g/mol. The fraction of sp³-hybridized carbons (Fsp3) is 0.333. The lowest BCUT2D eigenvalue weighted by atomic mass is 10.2. The molecule has 0 spiro atoms. The number of hydrogen-bond donors (Lipinski definition) is 1. The van der Waals surface area contributed by atoms with Crippen LogP contribution in [0.3, 0.4) is 0 Å². The molecule has 0 aliphatic carbocycles. The predicted molar refractivity (Wildman–Crippen MR) is 64.8 cm³/mol. The van der Waals surface area contributed by atoms with Crippen molar-refractivity contribution in [1.29, 1.82) is 0 Å². The number of thioether (sulfide) groups is 1. The maximum absolute atomic E-state index is 3.75. The minimum Gasteiger partial charge on any atom is -0.316 e. The summed E-state index contributed by atoms with van der Waals surface area (Å²) in [5, 5.41) is 3.28. The van der Waals surface area contributed by atoms with E-state index < -0.39 is 0 Å². The van der Waals surface area contributed by atoms with Gasteiger partial charge in [-0.05, 0) is 25.6 Å². The standard InChI is InChI=1S/C12H17NS/c1-3-7-11(13-2)10-14-12-8-5-4-6-9-12/h3-6,8-9,11,13H,1,7,10H2,2H3. The van der Waals surface area contributed by atoms with Crippen molar-refractivity contribution in [3.05, 3.63) is 43.0 Å². The predicted octanol–water partition coefficient (Wildman–Crippen LogP) is 2.94. The summed E-state index contributed by atoms with van der Waals surface area (Å²) in [6.45, 7) is 3.75. The second-order valence-electron chi connectivity index (χ2n) is 3.13. The molecule has 1 nitrogen and oxygen atoms in total. The van der Waals surface area contributed by atoms with Crippen molar-refractivity contribution in [2.24, 2.45) is 0 Å². The van der Waals surface area contributed by atoms with E-state index in [9.17, 15) is 0 Å². The Hall–Kier alpha value is -0.730. The second kappa shape index (κ2) is 6.68. The normalized spacial score (nSPS) is 12.4. The van der Waals surface area contributed by atoms with E-state index in [4.69, 9.17) is 0 Å². The summed E-state index contributed by atoms with van der Waals surface area (Å²) in [7, 11) is 2.00. The molecular formula is C12H17NS. The highest BCUT2D eigenvalue weighted by atomic mass is 32.2. The third-order valence-electron chi connectivity index (χ3n) is 2.05. The van der Waals surface area contributed by atoms with Crippen LogP contribution in [0.1, 0.15) is 6.42 Å². The molecular weight excluding hydrogens is 190 g/mol. The number of nitrogens with one attached hydrogen (secondary N) is 1. The molecule has 0 amide bonds. The van der Waals surface area contributed by atoms with Gasteiger partial charge in [-0.25, -0.2) is 0 Å². The van der Waals surface area contributed by atoms with E-state index in [0.29, 0.717) is 6.04 Å². The van der Waals surface area contributed by atoms with Crippen LogP contribution >= 0.6 is 11.8 Å². The van der Waals surface area contributed by atoms with E-state index in [1.54, 1.807) is 0 Å². The van der Waals surface area contributed by atoms with Gasteiger partial charge in [-0.3, -0.25) is 0 Å². The lowest BCUT2D eigenvalue weighted by Gasteiger charge is -2.13. The van der Waals surface area contributed by atoms with E-state index in [2.05, 4.69) is 36.2 Å². The molecule has 0 saturated carbocycles. The van der Waals surface area contributed by atoms with Gasteiger partial charge < -0.3 is 5.32 Å². The maximum atomic E-state index is 3.75. The Labute approximate surface area is 90.6 Å². The summed E-state index contributed by atoms with van der Waals surface area (Å²) in [5.41, 5.74) is 0. The first kappa shape index (κ1) is 11.3. The summed E-state index contributed by atoms with van der Waals surface area (Å²) in [5.74, 6) is 1.09. The average Bonchev–Trinajstić information content (AvgIpc) is 2.25. The lowest BCUT2D eigenvalue weighted by Crippen LogP contribution is -2.26. The van der Waals surface area contributed by atoms with Crippen molar-refractivity contribution in [1.82, 2.24) is 5.32 Å². The van der Waals surface area contributed by atoms with Crippen molar-refractivity contribution < 1.29 is 0 Å². The van der Waals surface area contributed by atoms with Gasteiger partial charge in [-0.15, -0.1) is 18.3 Å².